The third kappa shape index (κ3) is 2.37. The third-order valence-corrected chi connectivity index (χ3v) is 6.44. The van der Waals surface area contributed by atoms with Gasteiger partial charge < -0.3 is 4.90 Å². The minimum Gasteiger partial charge on any atom is -0.341 e. The van der Waals surface area contributed by atoms with Crippen LogP contribution in [-0.2, 0) is 18.4 Å². The molecule has 1 amide bonds. The minimum absolute atomic E-state index is 0.156. The maximum Gasteiger partial charge on any atom is 0.230 e. The molecule has 0 N–H and O–H groups in total. The lowest BCUT2D eigenvalue weighted by molar-refractivity contribution is -0.135. The van der Waals surface area contributed by atoms with E-state index in [4.69, 9.17) is 0 Å². The fourth-order valence-electron chi connectivity index (χ4n) is 2.41. The van der Waals surface area contributed by atoms with Crippen LogP contribution in [0.25, 0.3) is 0 Å². The summed E-state index contributed by atoms with van der Waals surface area (Å²) in [7, 11) is 3.78. The van der Waals surface area contributed by atoms with Gasteiger partial charge in [-0.2, -0.15) is 5.10 Å². The number of aryl methyl sites for hydroxylation is 2. The first-order chi connectivity index (χ1) is 8.60. The van der Waals surface area contributed by atoms with E-state index in [2.05, 4.69) is 37.0 Å². The molecular weight excluding hydrogens is 374 g/mol. The van der Waals surface area contributed by atoms with Crippen molar-refractivity contribution in [3.63, 3.8) is 0 Å². The van der Waals surface area contributed by atoms with Crippen molar-refractivity contribution < 1.29 is 4.79 Å². The molecule has 2 rings (SSSR count). The predicted molar refractivity (Wildman–Crippen MR) is 82.5 cm³/mol. The highest BCUT2D eigenvalue weighted by Crippen LogP contribution is 2.66. The average Bonchev–Trinajstić information content (AvgIpc) is 2.74. The van der Waals surface area contributed by atoms with Crippen LogP contribution >= 0.6 is 31.9 Å². The first kappa shape index (κ1) is 15.0. The lowest BCUT2D eigenvalue weighted by Gasteiger charge is -2.22. The monoisotopic (exact) mass is 391 g/mol. The molecule has 6 heteroatoms. The summed E-state index contributed by atoms with van der Waals surface area (Å²) in [6.45, 7) is 6.61. The lowest BCUT2D eigenvalue weighted by Crippen LogP contribution is -2.34. The van der Waals surface area contributed by atoms with Crippen molar-refractivity contribution in [1.29, 1.82) is 0 Å². The summed E-state index contributed by atoms with van der Waals surface area (Å²) < 4.78 is 1.62. The Labute approximate surface area is 130 Å². The first-order valence-corrected chi connectivity index (χ1v) is 7.81. The molecule has 1 heterocycles. The summed E-state index contributed by atoms with van der Waals surface area (Å²) in [4.78, 5) is 14.3. The Morgan fingerprint density at radius 1 is 1.47 bits per heavy atom. The third-order valence-electron chi connectivity index (χ3n) is 4.13. The Bertz CT molecular complexity index is 538. The van der Waals surface area contributed by atoms with Crippen molar-refractivity contribution in [3.05, 3.63) is 17.0 Å². The molecule has 0 saturated heterocycles. The molecule has 0 spiro atoms. The lowest BCUT2D eigenvalue weighted by atomic mass is 10.1. The van der Waals surface area contributed by atoms with Gasteiger partial charge in [-0.3, -0.25) is 9.48 Å². The van der Waals surface area contributed by atoms with Crippen LogP contribution in [-0.4, -0.2) is 30.9 Å². The molecule has 1 aromatic rings. The number of carbonyl (C=O) groups excluding carboxylic acids is 1. The number of hydrogen-bond donors (Lipinski definition) is 0. The molecule has 0 unspecified atom stereocenters. The number of alkyl halides is 2. The second-order valence-electron chi connectivity index (χ2n) is 5.65. The minimum atomic E-state index is -0.355. The van der Waals surface area contributed by atoms with Gasteiger partial charge in [0, 0.05) is 31.9 Å². The van der Waals surface area contributed by atoms with E-state index in [0.717, 1.165) is 23.4 Å². The molecule has 1 saturated carbocycles. The van der Waals surface area contributed by atoms with E-state index in [0.29, 0.717) is 6.54 Å². The van der Waals surface area contributed by atoms with E-state index in [1.165, 1.54) is 0 Å². The van der Waals surface area contributed by atoms with Gasteiger partial charge in [0.25, 0.3) is 0 Å². The molecule has 4 nitrogen and oxygen atoms in total. The van der Waals surface area contributed by atoms with Crippen LogP contribution in [0.4, 0.5) is 0 Å². The number of halogens is 2. The van der Waals surface area contributed by atoms with Crippen molar-refractivity contribution in [2.45, 2.75) is 37.0 Å². The van der Waals surface area contributed by atoms with Gasteiger partial charge in [0.1, 0.15) is 0 Å². The SMILES string of the molecule is Cc1nn(C)c(C)c1CN(C)C(=O)[C@@]1(C)CC1(Br)Br. The van der Waals surface area contributed by atoms with Gasteiger partial charge in [0.05, 0.1) is 14.3 Å². The molecular formula is C13H19Br2N3O. The maximum absolute atomic E-state index is 12.5. The second kappa shape index (κ2) is 4.58. The Balaban J connectivity index is 2.14. The van der Waals surface area contributed by atoms with Crippen LogP contribution in [0.5, 0.6) is 0 Å². The second-order valence-corrected chi connectivity index (χ2v) is 9.42. The summed E-state index contributed by atoms with van der Waals surface area (Å²) in [5.74, 6) is 0.156. The smallest absolute Gasteiger partial charge is 0.230 e. The van der Waals surface area contributed by atoms with E-state index in [1.807, 2.05) is 39.5 Å². The zero-order chi connectivity index (χ0) is 14.6. The Morgan fingerprint density at radius 2 is 2.00 bits per heavy atom. The molecule has 1 fully saturated rings. The highest BCUT2D eigenvalue weighted by Gasteiger charge is 2.67. The molecule has 0 aliphatic heterocycles. The van der Waals surface area contributed by atoms with E-state index in [9.17, 15) is 4.79 Å². The quantitative estimate of drug-likeness (QED) is 0.741. The van der Waals surface area contributed by atoms with E-state index < -0.39 is 0 Å². The van der Waals surface area contributed by atoms with Crippen molar-refractivity contribution in [2.75, 3.05) is 7.05 Å². The zero-order valence-corrected chi connectivity index (χ0v) is 15.1. The number of aromatic nitrogens is 2. The number of amides is 1. The largest absolute Gasteiger partial charge is 0.341 e. The van der Waals surface area contributed by atoms with Gasteiger partial charge in [-0.25, -0.2) is 0 Å². The van der Waals surface area contributed by atoms with Gasteiger partial charge in [0.2, 0.25) is 5.91 Å². The van der Waals surface area contributed by atoms with Gasteiger partial charge in [-0.1, -0.05) is 31.9 Å². The molecule has 0 radical (unpaired) electrons. The summed E-state index contributed by atoms with van der Waals surface area (Å²) in [6, 6.07) is 0. The van der Waals surface area contributed by atoms with Crippen LogP contribution in [0.15, 0.2) is 0 Å². The number of rotatable bonds is 3. The molecule has 0 bridgehead atoms. The standard InChI is InChI=1S/C13H19Br2N3O/c1-8-10(9(2)18(5)16-8)6-17(4)11(19)12(3)7-13(12,14)15/h6-7H2,1-5H3/t12-/m1/s1. The number of carbonyl (C=O) groups is 1. The molecule has 1 atom stereocenters. The highest BCUT2D eigenvalue weighted by atomic mass is 79.9. The molecule has 1 aromatic heterocycles. The van der Waals surface area contributed by atoms with E-state index in [-0.39, 0.29) is 14.6 Å². The normalized spacial score (nSPS) is 24.4. The summed E-state index contributed by atoms with van der Waals surface area (Å²) in [6.07, 6.45) is 0.814. The summed E-state index contributed by atoms with van der Waals surface area (Å²) in [5.41, 5.74) is 2.88. The van der Waals surface area contributed by atoms with Crippen LogP contribution in [0.2, 0.25) is 0 Å². The van der Waals surface area contributed by atoms with Gasteiger partial charge >= 0.3 is 0 Å². The predicted octanol–water partition coefficient (Wildman–Crippen LogP) is 2.89. The fraction of sp³-hybridized carbons (Fsp3) is 0.692. The first-order valence-electron chi connectivity index (χ1n) is 6.22. The maximum atomic E-state index is 12.5. The fourth-order valence-corrected chi connectivity index (χ4v) is 3.87. The van der Waals surface area contributed by atoms with Crippen LogP contribution in [0, 0.1) is 19.3 Å². The van der Waals surface area contributed by atoms with Gasteiger partial charge in [0.15, 0.2) is 0 Å². The van der Waals surface area contributed by atoms with Gasteiger partial charge in [-0.15, -0.1) is 0 Å². The van der Waals surface area contributed by atoms with Crippen molar-refractivity contribution in [3.8, 4) is 0 Å². The van der Waals surface area contributed by atoms with E-state index >= 15 is 0 Å². The zero-order valence-electron chi connectivity index (χ0n) is 11.9. The summed E-state index contributed by atoms with van der Waals surface area (Å²) in [5, 5.41) is 4.39. The summed E-state index contributed by atoms with van der Waals surface area (Å²) >= 11 is 7.10. The molecule has 0 aromatic carbocycles. The molecule has 1 aliphatic carbocycles. The molecule has 106 valence electrons. The van der Waals surface area contributed by atoms with Crippen molar-refractivity contribution in [2.24, 2.45) is 12.5 Å². The Hall–Kier alpha value is -0.360. The van der Waals surface area contributed by atoms with Crippen LogP contribution < -0.4 is 0 Å². The van der Waals surface area contributed by atoms with Crippen molar-refractivity contribution >= 4 is 37.8 Å². The highest BCUT2D eigenvalue weighted by molar-refractivity contribution is 9.25. The number of nitrogens with zero attached hydrogens (tertiary/aromatic N) is 3. The van der Waals surface area contributed by atoms with E-state index in [1.54, 1.807) is 4.90 Å². The van der Waals surface area contributed by atoms with Crippen LogP contribution in [0.3, 0.4) is 0 Å². The number of hydrogen-bond acceptors (Lipinski definition) is 2. The Morgan fingerprint density at radius 3 is 2.37 bits per heavy atom. The molecule has 1 aliphatic rings. The molecule has 19 heavy (non-hydrogen) atoms. The van der Waals surface area contributed by atoms with Crippen molar-refractivity contribution in [1.82, 2.24) is 14.7 Å². The van der Waals surface area contributed by atoms with Crippen LogP contribution in [0.1, 0.15) is 30.3 Å². The Kier molecular flexibility index (Phi) is 3.63. The van der Waals surface area contributed by atoms with Gasteiger partial charge in [-0.05, 0) is 27.2 Å². The topological polar surface area (TPSA) is 38.1 Å². The average molecular weight is 393 g/mol.